The second-order valence-corrected chi connectivity index (χ2v) is 7.26. The van der Waals surface area contributed by atoms with Crippen LogP contribution in [0.15, 0.2) is 18.2 Å². The Balaban J connectivity index is 2.18. The third-order valence-corrected chi connectivity index (χ3v) is 3.97. The third kappa shape index (κ3) is 5.41. The van der Waals surface area contributed by atoms with Crippen molar-refractivity contribution in [2.45, 2.75) is 45.9 Å². The second-order valence-electron chi connectivity index (χ2n) is 7.26. The maximum absolute atomic E-state index is 12.7. The van der Waals surface area contributed by atoms with Gasteiger partial charge in [0.15, 0.2) is 5.75 Å². The molecule has 0 bridgehead atoms. The number of hydrogen-bond donors (Lipinski definition) is 0. The minimum absolute atomic E-state index is 0.247. The van der Waals surface area contributed by atoms with Crippen LogP contribution in [0, 0.1) is 10.1 Å². The number of non-ortho nitro benzene ring substituents is 1. The molecule has 0 aromatic heterocycles. The Morgan fingerprint density at radius 1 is 1.33 bits per heavy atom. The Labute approximate surface area is 155 Å². The molecule has 0 radical (unpaired) electrons. The number of nitro benzene ring substituents is 1. The zero-order valence-electron chi connectivity index (χ0n) is 15.6. The van der Waals surface area contributed by atoms with Crippen LogP contribution < -0.4 is 9.64 Å². The fourth-order valence-corrected chi connectivity index (χ4v) is 2.84. The summed E-state index contributed by atoms with van der Waals surface area (Å²) in [6.07, 6.45) is -0.442. The standard InChI is InChI=1S/C17H23F2N3O5/c1-11-10-20(7-8-21(11)16(23)27-17(2,3)4)13-6-5-12(22(24)25)9-14(13)26-15(18)19/h5-6,9,11,15H,7-8,10H2,1-4H3/t11-/m1/s1. The monoisotopic (exact) mass is 387 g/mol. The van der Waals surface area contributed by atoms with Gasteiger partial charge in [0.1, 0.15) is 5.60 Å². The van der Waals surface area contributed by atoms with E-state index in [1.54, 1.807) is 30.6 Å². The van der Waals surface area contributed by atoms with Crippen LogP contribution in [0.3, 0.4) is 0 Å². The number of nitro groups is 1. The molecule has 1 aromatic rings. The number of piperazine rings is 1. The van der Waals surface area contributed by atoms with Gasteiger partial charge in [-0.05, 0) is 33.8 Å². The van der Waals surface area contributed by atoms with Crippen molar-refractivity contribution in [1.29, 1.82) is 0 Å². The number of carbonyl (C=O) groups is 1. The molecule has 1 saturated heterocycles. The van der Waals surface area contributed by atoms with E-state index in [0.717, 1.165) is 6.07 Å². The van der Waals surface area contributed by atoms with Gasteiger partial charge in [0.25, 0.3) is 5.69 Å². The van der Waals surface area contributed by atoms with Gasteiger partial charge in [0.2, 0.25) is 0 Å². The van der Waals surface area contributed by atoms with Crippen LogP contribution in [0.2, 0.25) is 0 Å². The smallest absolute Gasteiger partial charge is 0.410 e. The molecule has 8 nitrogen and oxygen atoms in total. The van der Waals surface area contributed by atoms with E-state index in [0.29, 0.717) is 25.3 Å². The van der Waals surface area contributed by atoms with Gasteiger partial charge in [0, 0.05) is 31.7 Å². The van der Waals surface area contributed by atoms with Crippen molar-refractivity contribution in [3.8, 4) is 5.75 Å². The number of alkyl halides is 2. The van der Waals surface area contributed by atoms with Crippen LogP contribution in [0.1, 0.15) is 27.7 Å². The molecule has 1 aliphatic heterocycles. The van der Waals surface area contributed by atoms with Crippen LogP contribution in [-0.4, -0.2) is 53.8 Å². The summed E-state index contributed by atoms with van der Waals surface area (Å²) in [5, 5.41) is 10.9. The summed E-state index contributed by atoms with van der Waals surface area (Å²) in [6, 6.07) is 3.35. The number of carbonyl (C=O) groups excluding carboxylic acids is 1. The number of ether oxygens (including phenoxy) is 2. The van der Waals surface area contributed by atoms with Crippen molar-refractivity contribution in [2.24, 2.45) is 0 Å². The molecule has 0 spiro atoms. The fourth-order valence-electron chi connectivity index (χ4n) is 2.84. The first kappa shape index (κ1) is 20.7. The van der Waals surface area contributed by atoms with Crippen LogP contribution in [-0.2, 0) is 4.74 Å². The zero-order chi connectivity index (χ0) is 20.4. The molecule has 1 aliphatic rings. The number of benzene rings is 1. The lowest BCUT2D eigenvalue weighted by molar-refractivity contribution is -0.385. The molecule has 0 unspecified atom stereocenters. The number of nitrogens with zero attached hydrogens (tertiary/aromatic N) is 3. The third-order valence-electron chi connectivity index (χ3n) is 3.97. The quantitative estimate of drug-likeness (QED) is 0.579. The molecular weight excluding hydrogens is 364 g/mol. The van der Waals surface area contributed by atoms with Crippen molar-refractivity contribution in [3.63, 3.8) is 0 Å². The first-order valence-electron chi connectivity index (χ1n) is 8.46. The molecule has 150 valence electrons. The first-order valence-corrected chi connectivity index (χ1v) is 8.46. The first-order chi connectivity index (χ1) is 12.5. The molecule has 2 rings (SSSR count). The molecule has 1 fully saturated rings. The minimum atomic E-state index is -3.11. The highest BCUT2D eigenvalue weighted by Crippen LogP contribution is 2.34. The van der Waals surface area contributed by atoms with Gasteiger partial charge in [-0.3, -0.25) is 10.1 Å². The number of anilines is 1. The average Bonchev–Trinajstić information content (AvgIpc) is 2.52. The predicted molar refractivity (Wildman–Crippen MR) is 94.3 cm³/mol. The van der Waals surface area contributed by atoms with E-state index < -0.39 is 23.2 Å². The fraction of sp³-hybridized carbons (Fsp3) is 0.588. The van der Waals surface area contributed by atoms with Gasteiger partial charge in [-0.25, -0.2) is 4.79 Å². The predicted octanol–water partition coefficient (Wildman–Crippen LogP) is 3.64. The van der Waals surface area contributed by atoms with Gasteiger partial charge < -0.3 is 19.3 Å². The van der Waals surface area contributed by atoms with Gasteiger partial charge in [-0.1, -0.05) is 0 Å². The van der Waals surface area contributed by atoms with Crippen molar-refractivity contribution >= 4 is 17.5 Å². The number of halogens is 2. The Kier molecular flexibility index (Phi) is 6.07. The lowest BCUT2D eigenvalue weighted by Gasteiger charge is -2.41. The largest absolute Gasteiger partial charge is 0.444 e. The molecule has 1 heterocycles. The van der Waals surface area contributed by atoms with Crippen molar-refractivity contribution in [1.82, 2.24) is 4.90 Å². The zero-order valence-corrected chi connectivity index (χ0v) is 15.6. The Morgan fingerprint density at radius 2 is 2.00 bits per heavy atom. The van der Waals surface area contributed by atoms with Gasteiger partial charge in [-0.15, -0.1) is 0 Å². The van der Waals surface area contributed by atoms with E-state index in [-0.39, 0.29) is 17.5 Å². The SMILES string of the molecule is C[C@@H]1CN(c2ccc([N+](=O)[O-])cc2OC(F)F)CCN1C(=O)OC(C)(C)C. The molecule has 0 saturated carbocycles. The average molecular weight is 387 g/mol. The molecule has 27 heavy (non-hydrogen) atoms. The molecule has 0 N–H and O–H groups in total. The van der Waals surface area contributed by atoms with E-state index >= 15 is 0 Å². The highest BCUT2D eigenvalue weighted by Gasteiger charge is 2.32. The molecule has 1 amide bonds. The van der Waals surface area contributed by atoms with E-state index in [4.69, 9.17) is 4.74 Å². The van der Waals surface area contributed by atoms with Crippen molar-refractivity contribution in [3.05, 3.63) is 28.3 Å². The lowest BCUT2D eigenvalue weighted by atomic mass is 10.1. The van der Waals surface area contributed by atoms with Crippen LogP contribution in [0.5, 0.6) is 5.75 Å². The highest BCUT2D eigenvalue weighted by atomic mass is 19.3. The Hall–Kier alpha value is -2.65. The lowest BCUT2D eigenvalue weighted by Crippen LogP contribution is -2.55. The Morgan fingerprint density at radius 3 is 2.52 bits per heavy atom. The summed E-state index contributed by atoms with van der Waals surface area (Å²) < 4.78 is 35.3. The van der Waals surface area contributed by atoms with Gasteiger partial charge in [0.05, 0.1) is 16.7 Å². The summed E-state index contributed by atoms with van der Waals surface area (Å²) in [6.45, 7) is 5.05. The summed E-state index contributed by atoms with van der Waals surface area (Å²) in [4.78, 5) is 25.8. The Bertz CT molecular complexity index is 708. The van der Waals surface area contributed by atoms with Gasteiger partial charge in [-0.2, -0.15) is 8.78 Å². The maximum atomic E-state index is 12.7. The van der Waals surface area contributed by atoms with E-state index in [1.807, 2.05) is 6.92 Å². The van der Waals surface area contributed by atoms with Crippen LogP contribution >= 0.6 is 0 Å². The van der Waals surface area contributed by atoms with Crippen molar-refractivity contribution in [2.75, 3.05) is 24.5 Å². The highest BCUT2D eigenvalue weighted by molar-refractivity contribution is 5.70. The molecule has 1 aromatic carbocycles. The summed E-state index contributed by atoms with van der Waals surface area (Å²) in [7, 11) is 0. The summed E-state index contributed by atoms with van der Waals surface area (Å²) in [5.74, 6) is -0.267. The minimum Gasteiger partial charge on any atom is -0.444 e. The van der Waals surface area contributed by atoms with E-state index in [9.17, 15) is 23.7 Å². The molecule has 0 aliphatic carbocycles. The van der Waals surface area contributed by atoms with Crippen LogP contribution in [0.4, 0.5) is 25.0 Å². The number of rotatable bonds is 4. The number of hydrogen-bond acceptors (Lipinski definition) is 6. The van der Waals surface area contributed by atoms with E-state index in [1.165, 1.54) is 12.1 Å². The molecular formula is C17H23F2N3O5. The van der Waals surface area contributed by atoms with Gasteiger partial charge >= 0.3 is 12.7 Å². The summed E-state index contributed by atoms with van der Waals surface area (Å²) in [5.41, 5.74) is -0.642. The van der Waals surface area contributed by atoms with E-state index in [2.05, 4.69) is 4.74 Å². The van der Waals surface area contributed by atoms with Crippen LogP contribution in [0.25, 0.3) is 0 Å². The molecule has 10 heteroatoms. The topological polar surface area (TPSA) is 85.2 Å². The maximum Gasteiger partial charge on any atom is 0.410 e. The normalized spacial score (nSPS) is 17.8. The molecule has 1 atom stereocenters. The second kappa shape index (κ2) is 7.93. The number of amides is 1. The van der Waals surface area contributed by atoms with Crippen molar-refractivity contribution < 1.29 is 28.0 Å². The summed E-state index contributed by atoms with van der Waals surface area (Å²) >= 11 is 0.